The molecule has 0 aromatic carbocycles. The molecule has 2 fully saturated rings. The summed E-state index contributed by atoms with van der Waals surface area (Å²) in [5, 5.41) is 0. The molecule has 0 aliphatic carbocycles. The number of rotatable bonds is 1. The van der Waals surface area contributed by atoms with Crippen LogP contribution in [0.4, 0.5) is 13.6 Å². The van der Waals surface area contributed by atoms with E-state index in [0.717, 1.165) is 4.90 Å². The fraction of sp³-hybridized carbons (Fsp3) is 0.933. The van der Waals surface area contributed by atoms with Crippen LogP contribution in [0.5, 0.6) is 0 Å². The van der Waals surface area contributed by atoms with Crippen molar-refractivity contribution in [2.45, 2.75) is 83.6 Å². The maximum absolute atomic E-state index is 13.9. The highest BCUT2D eigenvalue weighted by Crippen LogP contribution is 2.42. The SMILES string of the molecule is CC(C)(C)OC(=O)N1CC(F)(F)C[C@@H]1B1OC(C)(C)C(C)(C)O1. The third-order valence-corrected chi connectivity index (χ3v) is 4.52. The average Bonchev–Trinajstić information content (AvgIpc) is 2.71. The summed E-state index contributed by atoms with van der Waals surface area (Å²) in [5.74, 6) is -3.86. The fourth-order valence-electron chi connectivity index (χ4n) is 2.66. The van der Waals surface area contributed by atoms with Crippen molar-refractivity contribution < 1.29 is 27.6 Å². The number of alkyl halides is 2. The van der Waals surface area contributed by atoms with E-state index in [4.69, 9.17) is 14.0 Å². The predicted octanol–water partition coefficient (Wildman–Crippen LogP) is 3.26. The van der Waals surface area contributed by atoms with E-state index in [1.165, 1.54) is 0 Å². The van der Waals surface area contributed by atoms with Gasteiger partial charge in [-0.2, -0.15) is 0 Å². The second-order valence-corrected chi connectivity index (χ2v) is 8.36. The largest absolute Gasteiger partial charge is 0.482 e. The Morgan fingerprint density at radius 2 is 1.65 bits per heavy atom. The van der Waals surface area contributed by atoms with E-state index in [2.05, 4.69) is 0 Å². The molecular formula is C15H26BF2NO4. The number of amides is 1. The van der Waals surface area contributed by atoms with Gasteiger partial charge in [0.1, 0.15) is 5.60 Å². The summed E-state index contributed by atoms with van der Waals surface area (Å²) in [5.41, 5.74) is -2.04. The van der Waals surface area contributed by atoms with Crippen molar-refractivity contribution in [2.24, 2.45) is 0 Å². The van der Waals surface area contributed by atoms with Crippen LogP contribution in [0.1, 0.15) is 54.9 Å². The molecule has 0 saturated carbocycles. The van der Waals surface area contributed by atoms with Crippen LogP contribution in [0, 0.1) is 0 Å². The molecule has 8 heteroatoms. The van der Waals surface area contributed by atoms with Crippen molar-refractivity contribution in [1.29, 1.82) is 0 Å². The van der Waals surface area contributed by atoms with Crippen LogP contribution >= 0.6 is 0 Å². The minimum absolute atomic E-state index is 0.497. The smallest absolute Gasteiger partial charge is 0.444 e. The van der Waals surface area contributed by atoms with Gasteiger partial charge in [-0.25, -0.2) is 13.6 Å². The number of nitrogens with zero attached hydrogens (tertiary/aromatic N) is 1. The summed E-state index contributed by atoms with van der Waals surface area (Å²) in [6, 6.07) is 0. The zero-order chi connectivity index (χ0) is 17.8. The van der Waals surface area contributed by atoms with E-state index in [1.54, 1.807) is 20.8 Å². The molecule has 5 nitrogen and oxygen atoms in total. The lowest BCUT2D eigenvalue weighted by Gasteiger charge is -2.32. The topological polar surface area (TPSA) is 48.0 Å². The summed E-state index contributed by atoms with van der Waals surface area (Å²) in [7, 11) is -0.902. The van der Waals surface area contributed by atoms with Crippen molar-refractivity contribution in [3.63, 3.8) is 0 Å². The highest BCUT2D eigenvalue weighted by atomic mass is 19.3. The molecule has 0 bridgehead atoms. The Hall–Kier alpha value is -0.885. The van der Waals surface area contributed by atoms with Crippen molar-refractivity contribution in [3.8, 4) is 0 Å². The molecule has 2 aliphatic rings. The summed E-state index contributed by atoms with van der Waals surface area (Å²) >= 11 is 0. The molecule has 0 aromatic rings. The van der Waals surface area contributed by atoms with Gasteiger partial charge in [0.05, 0.1) is 23.7 Å². The van der Waals surface area contributed by atoms with E-state index in [1.807, 2.05) is 27.7 Å². The standard InChI is InChI=1S/C15H26BF2NO4/c1-12(2,3)21-11(20)19-9-15(17,18)8-10(19)16-22-13(4,5)14(6,7)23-16/h10H,8-9H2,1-7H3/t10-/m1/s1. The molecule has 1 atom stereocenters. The van der Waals surface area contributed by atoms with Crippen LogP contribution in [-0.4, -0.2) is 53.3 Å². The first kappa shape index (κ1) is 18.5. The van der Waals surface area contributed by atoms with Crippen molar-refractivity contribution in [2.75, 3.05) is 6.54 Å². The van der Waals surface area contributed by atoms with Gasteiger partial charge in [-0.3, -0.25) is 0 Å². The molecule has 0 N–H and O–H groups in total. The van der Waals surface area contributed by atoms with E-state index in [9.17, 15) is 13.6 Å². The maximum atomic E-state index is 13.9. The maximum Gasteiger partial charge on any atom is 0.482 e. The van der Waals surface area contributed by atoms with Gasteiger partial charge < -0.3 is 18.9 Å². The monoisotopic (exact) mass is 333 g/mol. The Morgan fingerprint density at radius 1 is 1.17 bits per heavy atom. The molecule has 132 valence electrons. The van der Waals surface area contributed by atoms with Crippen molar-refractivity contribution in [3.05, 3.63) is 0 Å². The van der Waals surface area contributed by atoms with Crippen LogP contribution in [-0.2, 0) is 14.0 Å². The van der Waals surface area contributed by atoms with Gasteiger partial charge in [-0.15, -0.1) is 0 Å². The number of hydrogen-bond acceptors (Lipinski definition) is 4. The Labute approximate surface area is 136 Å². The van der Waals surface area contributed by atoms with Gasteiger partial charge >= 0.3 is 13.2 Å². The Kier molecular flexibility index (Phi) is 4.26. The number of ether oxygens (including phenoxy) is 1. The predicted molar refractivity (Wildman–Crippen MR) is 82.4 cm³/mol. The summed E-state index contributed by atoms with van der Waals surface area (Å²) in [4.78, 5) is 13.3. The highest BCUT2D eigenvalue weighted by Gasteiger charge is 2.61. The normalized spacial score (nSPS) is 29.0. The molecule has 2 heterocycles. The van der Waals surface area contributed by atoms with Crippen molar-refractivity contribution >= 4 is 13.2 Å². The first-order valence-corrected chi connectivity index (χ1v) is 7.87. The third kappa shape index (κ3) is 3.79. The molecule has 2 aliphatic heterocycles. The van der Waals surface area contributed by atoms with Crippen LogP contribution in [0.3, 0.4) is 0 Å². The molecule has 0 unspecified atom stereocenters. The fourth-order valence-corrected chi connectivity index (χ4v) is 2.66. The van der Waals surface area contributed by atoms with Crippen LogP contribution in [0.25, 0.3) is 0 Å². The number of likely N-dealkylation sites (tertiary alicyclic amines) is 1. The lowest BCUT2D eigenvalue weighted by atomic mass is 9.76. The second kappa shape index (κ2) is 5.31. The number of carbonyl (C=O) groups excluding carboxylic acids is 1. The summed E-state index contributed by atoms with van der Waals surface area (Å²) < 4.78 is 44.8. The molecule has 0 spiro atoms. The van der Waals surface area contributed by atoms with E-state index >= 15 is 0 Å². The Balaban J connectivity index is 2.20. The molecule has 2 rings (SSSR count). The summed E-state index contributed by atoms with van der Waals surface area (Å²) in [6.07, 6.45) is -1.27. The molecule has 1 amide bonds. The van der Waals surface area contributed by atoms with E-state index < -0.39 is 54.8 Å². The Morgan fingerprint density at radius 3 is 2.09 bits per heavy atom. The lowest BCUT2D eigenvalue weighted by molar-refractivity contribution is -0.00220. The number of hydrogen-bond donors (Lipinski definition) is 0. The quantitative estimate of drug-likeness (QED) is 0.691. The first-order valence-electron chi connectivity index (χ1n) is 7.87. The minimum Gasteiger partial charge on any atom is -0.444 e. The number of carbonyl (C=O) groups is 1. The zero-order valence-electron chi connectivity index (χ0n) is 14.9. The number of halogens is 2. The van der Waals surface area contributed by atoms with Gasteiger partial charge in [0, 0.05) is 6.42 Å². The highest BCUT2D eigenvalue weighted by molar-refractivity contribution is 6.48. The molecule has 2 saturated heterocycles. The minimum atomic E-state index is -2.98. The average molecular weight is 333 g/mol. The molecular weight excluding hydrogens is 307 g/mol. The first-order chi connectivity index (χ1) is 10.1. The molecule has 0 aromatic heterocycles. The van der Waals surface area contributed by atoms with Gasteiger partial charge in [0.25, 0.3) is 5.92 Å². The Bertz CT molecular complexity index is 474. The second-order valence-electron chi connectivity index (χ2n) is 8.36. The zero-order valence-corrected chi connectivity index (χ0v) is 14.9. The molecule has 23 heavy (non-hydrogen) atoms. The van der Waals surface area contributed by atoms with E-state index in [-0.39, 0.29) is 0 Å². The van der Waals surface area contributed by atoms with Gasteiger partial charge in [0.15, 0.2) is 0 Å². The lowest BCUT2D eigenvalue weighted by Crippen LogP contribution is -2.48. The van der Waals surface area contributed by atoms with Gasteiger partial charge in [-0.05, 0) is 48.5 Å². The van der Waals surface area contributed by atoms with Crippen LogP contribution in [0.2, 0.25) is 0 Å². The van der Waals surface area contributed by atoms with Crippen LogP contribution < -0.4 is 0 Å². The summed E-state index contributed by atoms with van der Waals surface area (Å²) in [6.45, 7) is 11.8. The van der Waals surface area contributed by atoms with Gasteiger partial charge in [-0.1, -0.05) is 0 Å². The van der Waals surface area contributed by atoms with Crippen LogP contribution in [0.15, 0.2) is 0 Å². The van der Waals surface area contributed by atoms with E-state index in [0.29, 0.717) is 0 Å². The molecule has 0 radical (unpaired) electrons. The van der Waals surface area contributed by atoms with Crippen molar-refractivity contribution in [1.82, 2.24) is 4.90 Å². The van der Waals surface area contributed by atoms with Gasteiger partial charge in [0.2, 0.25) is 0 Å². The third-order valence-electron chi connectivity index (χ3n) is 4.52.